The number of aliphatic hydroxyl groups excluding tert-OH is 1. The molecule has 2 fully saturated rings. The van der Waals surface area contributed by atoms with E-state index in [1.807, 2.05) is 0 Å². The molecule has 1 saturated heterocycles. The normalized spacial score (nSPS) is 38.1. The van der Waals surface area contributed by atoms with E-state index in [2.05, 4.69) is 18.7 Å². The predicted octanol–water partition coefficient (Wildman–Crippen LogP) is 1.74. The van der Waals surface area contributed by atoms with Gasteiger partial charge in [-0.3, -0.25) is 0 Å². The van der Waals surface area contributed by atoms with Gasteiger partial charge in [-0.1, -0.05) is 13.8 Å². The molecular formula is C12H23NO. The van der Waals surface area contributed by atoms with Crippen molar-refractivity contribution in [3.05, 3.63) is 0 Å². The lowest BCUT2D eigenvalue weighted by atomic mass is 9.90. The zero-order valence-corrected chi connectivity index (χ0v) is 9.50. The first-order valence-electron chi connectivity index (χ1n) is 6.02. The lowest BCUT2D eigenvalue weighted by Crippen LogP contribution is -2.27. The molecule has 0 aromatic heterocycles. The minimum Gasteiger partial charge on any atom is -0.396 e. The number of hydrogen-bond acceptors (Lipinski definition) is 2. The van der Waals surface area contributed by atoms with Crippen molar-refractivity contribution in [3.8, 4) is 0 Å². The van der Waals surface area contributed by atoms with Crippen molar-refractivity contribution in [1.29, 1.82) is 0 Å². The van der Waals surface area contributed by atoms with E-state index in [-0.39, 0.29) is 5.41 Å². The molecule has 1 saturated carbocycles. The molecule has 0 amide bonds. The summed E-state index contributed by atoms with van der Waals surface area (Å²) in [5.41, 5.74) is 0.280. The summed E-state index contributed by atoms with van der Waals surface area (Å²) in [7, 11) is 0. The van der Waals surface area contributed by atoms with Crippen LogP contribution in [0.4, 0.5) is 0 Å². The van der Waals surface area contributed by atoms with Crippen LogP contribution in [-0.4, -0.2) is 36.2 Å². The van der Waals surface area contributed by atoms with Gasteiger partial charge in [0.2, 0.25) is 0 Å². The maximum atomic E-state index is 9.45. The van der Waals surface area contributed by atoms with Crippen molar-refractivity contribution >= 4 is 0 Å². The van der Waals surface area contributed by atoms with E-state index in [1.165, 1.54) is 38.9 Å². The van der Waals surface area contributed by atoms with Gasteiger partial charge in [0, 0.05) is 18.6 Å². The Kier molecular flexibility index (Phi) is 2.85. The fourth-order valence-corrected chi connectivity index (χ4v) is 3.01. The van der Waals surface area contributed by atoms with Crippen LogP contribution in [0.2, 0.25) is 0 Å². The summed E-state index contributed by atoms with van der Waals surface area (Å²) in [5.74, 6) is 1.41. The summed E-state index contributed by atoms with van der Waals surface area (Å²) >= 11 is 0. The molecule has 1 N–H and O–H groups in total. The molecule has 2 unspecified atom stereocenters. The third kappa shape index (κ3) is 1.70. The fraction of sp³-hybridized carbons (Fsp3) is 1.00. The van der Waals surface area contributed by atoms with Crippen molar-refractivity contribution in [2.24, 2.45) is 17.3 Å². The third-order valence-electron chi connectivity index (χ3n) is 4.40. The van der Waals surface area contributed by atoms with Crippen LogP contribution in [0.15, 0.2) is 0 Å². The number of rotatable bonds is 4. The van der Waals surface area contributed by atoms with Gasteiger partial charge in [0.15, 0.2) is 0 Å². The van der Waals surface area contributed by atoms with Crippen molar-refractivity contribution < 1.29 is 5.11 Å². The Morgan fingerprint density at radius 2 is 2.00 bits per heavy atom. The van der Waals surface area contributed by atoms with Gasteiger partial charge in [-0.15, -0.1) is 0 Å². The van der Waals surface area contributed by atoms with Crippen molar-refractivity contribution in [1.82, 2.24) is 4.90 Å². The fourth-order valence-electron chi connectivity index (χ4n) is 3.01. The average Bonchev–Trinajstić information content (AvgIpc) is 2.61. The Hall–Kier alpha value is -0.0800. The van der Waals surface area contributed by atoms with Crippen LogP contribution in [0.5, 0.6) is 0 Å². The number of aliphatic hydroxyl groups is 1. The highest BCUT2D eigenvalue weighted by Gasteiger charge is 2.55. The third-order valence-corrected chi connectivity index (χ3v) is 4.40. The second-order valence-corrected chi connectivity index (χ2v) is 5.45. The van der Waals surface area contributed by atoms with Crippen molar-refractivity contribution in [2.45, 2.75) is 33.1 Å². The van der Waals surface area contributed by atoms with Crippen LogP contribution >= 0.6 is 0 Å². The number of likely N-dealkylation sites (tertiary alicyclic amines) is 1. The second-order valence-electron chi connectivity index (χ2n) is 5.45. The Bertz CT molecular complexity index is 198. The first-order valence-corrected chi connectivity index (χ1v) is 6.02. The molecule has 2 atom stereocenters. The van der Waals surface area contributed by atoms with Gasteiger partial charge in [-0.2, -0.15) is 0 Å². The second kappa shape index (κ2) is 3.82. The molecule has 1 aliphatic carbocycles. The monoisotopic (exact) mass is 197 g/mol. The van der Waals surface area contributed by atoms with Gasteiger partial charge >= 0.3 is 0 Å². The summed E-state index contributed by atoms with van der Waals surface area (Å²) in [4.78, 5) is 2.57. The Morgan fingerprint density at radius 3 is 2.43 bits per heavy atom. The topological polar surface area (TPSA) is 23.5 Å². The van der Waals surface area contributed by atoms with E-state index < -0.39 is 0 Å². The van der Waals surface area contributed by atoms with Crippen molar-refractivity contribution in [3.63, 3.8) is 0 Å². The molecule has 2 nitrogen and oxygen atoms in total. The van der Waals surface area contributed by atoms with Gasteiger partial charge in [0.25, 0.3) is 0 Å². The molecule has 82 valence electrons. The molecule has 0 aromatic carbocycles. The summed E-state index contributed by atoms with van der Waals surface area (Å²) in [6.07, 6.45) is 4.00. The highest BCUT2D eigenvalue weighted by molar-refractivity contribution is 5.05. The van der Waals surface area contributed by atoms with Gasteiger partial charge in [-0.25, -0.2) is 0 Å². The molecular weight excluding hydrogens is 174 g/mol. The quantitative estimate of drug-likeness (QED) is 0.742. The van der Waals surface area contributed by atoms with Gasteiger partial charge in [0.1, 0.15) is 0 Å². The van der Waals surface area contributed by atoms with E-state index >= 15 is 0 Å². The molecule has 2 rings (SSSR count). The van der Waals surface area contributed by atoms with Crippen molar-refractivity contribution in [2.75, 3.05) is 26.2 Å². The molecule has 2 aliphatic rings. The standard InChI is InChI=1S/C12H23NO/c1-10(2)12(9-14)7-11(12)8-13-5-3-4-6-13/h10-11,14H,3-9H2,1-2H3. The molecule has 14 heavy (non-hydrogen) atoms. The van der Waals surface area contributed by atoms with Crippen LogP contribution in [-0.2, 0) is 0 Å². The van der Waals surface area contributed by atoms with Gasteiger partial charge in [-0.05, 0) is 44.2 Å². The molecule has 1 heterocycles. The Labute approximate surface area is 87.3 Å². The Morgan fingerprint density at radius 1 is 1.36 bits per heavy atom. The highest BCUT2D eigenvalue weighted by Crippen LogP contribution is 2.57. The number of nitrogens with zero attached hydrogens (tertiary/aromatic N) is 1. The van der Waals surface area contributed by atoms with Gasteiger partial charge < -0.3 is 10.0 Å². The molecule has 0 spiro atoms. The summed E-state index contributed by atoms with van der Waals surface area (Å²) in [5, 5.41) is 9.45. The van der Waals surface area contributed by atoms with Crippen LogP contribution < -0.4 is 0 Å². The summed E-state index contributed by atoms with van der Waals surface area (Å²) in [6.45, 7) is 8.70. The van der Waals surface area contributed by atoms with Crippen LogP contribution in [0, 0.1) is 17.3 Å². The molecule has 0 bridgehead atoms. The zero-order chi connectivity index (χ0) is 10.2. The zero-order valence-electron chi connectivity index (χ0n) is 9.50. The minimum absolute atomic E-state index is 0.280. The Balaban J connectivity index is 1.84. The van der Waals surface area contributed by atoms with E-state index in [9.17, 15) is 5.11 Å². The minimum atomic E-state index is 0.280. The predicted molar refractivity (Wildman–Crippen MR) is 58.1 cm³/mol. The van der Waals surface area contributed by atoms with Gasteiger partial charge in [0.05, 0.1) is 0 Å². The van der Waals surface area contributed by atoms with E-state index in [0.29, 0.717) is 12.5 Å². The summed E-state index contributed by atoms with van der Waals surface area (Å²) in [6, 6.07) is 0. The lowest BCUT2D eigenvalue weighted by molar-refractivity contribution is 0.146. The lowest BCUT2D eigenvalue weighted by Gasteiger charge is -2.21. The summed E-state index contributed by atoms with van der Waals surface area (Å²) < 4.78 is 0. The molecule has 2 heteroatoms. The molecule has 1 aliphatic heterocycles. The van der Waals surface area contributed by atoms with Crippen LogP contribution in [0.25, 0.3) is 0 Å². The van der Waals surface area contributed by atoms with Crippen LogP contribution in [0.1, 0.15) is 33.1 Å². The van der Waals surface area contributed by atoms with Crippen LogP contribution in [0.3, 0.4) is 0 Å². The smallest absolute Gasteiger partial charge is 0.0493 e. The number of hydrogen-bond donors (Lipinski definition) is 1. The average molecular weight is 197 g/mol. The van der Waals surface area contributed by atoms with E-state index in [4.69, 9.17) is 0 Å². The molecule has 0 radical (unpaired) electrons. The largest absolute Gasteiger partial charge is 0.396 e. The maximum absolute atomic E-state index is 9.45. The maximum Gasteiger partial charge on any atom is 0.0493 e. The SMILES string of the molecule is CC(C)C1(CO)CC1CN1CCCC1. The van der Waals surface area contributed by atoms with E-state index in [1.54, 1.807) is 0 Å². The van der Waals surface area contributed by atoms with E-state index in [0.717, 1.165) is 5.92 Å². The molecule has 0 aromatic rings. The highest BCUT2D eigenvalue weighted by atomic mass is 16.3. The first kappa shape index (κ1) is 10.4. The first-order chi connectivity index (χ1) is 6.69.